The van der Waals surface area contributed by atoms with Crippen LogP contribution in [0.15, 0.2) is 54.6 Å². The van der Waals surface area contributed by atoms with E-state index in [1.807, 2.05) is 44.2 Å². The molecule has 3 aromatic rings. The molecular formula is C19H17N3O2. The van der Waals surface area contributed by atoms with E-state index in [1.165, 1.54) is 0 Å². The first kappa shape index (κ1) is 15.7. The number of benzene rings is 2. The molecule has 0 atom stereocenters. The smallest absolute Gasteiger partial charge is 0.335 e. The highest BCUT2D eigenvalue weighted by Crippen LogP contribution is 2.22. The van der Waals surface area contributed by atoms with Gasteiger partial charge in [0, 0.05) is 23.0 Å². The lowest BCUT2D eigenvalue weighted by Crippen LogP contribution is -2.01. The molecule has 5 heteroatoms. The van der Waals surface area contributed by atoms with Crippen molar-refractivity contribution in [1.82, 2.24) is 9.97 Å². The van der Waals surface area contributed by atoms with Crippen molar-refractivity contribution in [2.45, 2.75) is 13.8 Å². The molecule has 1 aromatic heterocycles. The summed E-state index contributed by atoms with van der Waals surface area (Å²) in [6.45, 7) is 3.93. The van der Waals surface area contributed by atoms with E-state index in [9.17, 15) is 4.79 Å². The Bertz CT molecular complexity index is 907. The van der Waals surface area contributed by atoms with E-state index < -0.39 is 5.97 Å². The Morgan fingerprint density at radius 3 is 2.54 bits per heavy atom. The molecule has 1 heterocycles. The van der Waals surface area contributed by atoms with Gasteiger partial charge in [0.15, 0.2) is 5.82 Å². The van der Waals surface area contributed by atoms with Gasteiger partial charge in [0.1, 0.15) is 5.82 Å². The van der Waals surface area contributed by atoms with Gasteiger partial charge in [-0.05, 0) is 38.1 Å². The Labute approximate surface area is 140 Å². The van der Waals surface area contributed by atoms with Gasteiger partial charge in [0.05, 0.1) is 5.56 Å². The first-order valence-electron chi connectivity index (χ1n) is 7.54. The van der Waals surface area contributed by atoms with Gasteiger partial charge in [0.2, 0.25) is 0 Å². The number of carboxylic acids is 1. The molecule has 3 rings (SSSR count). The van der Waals surface area contributed by atoms with Crippen LogP contribution in [0.5, 0.6) is 0 Å². The number of nitrogens with zero attached hydrogens (tertiary/aromatic N) is 2. The van der Waals surface area contributed by atoms with Crippen LogP contribution in [0.1, 0.15) is 21.6 Å². The van der Waals surface area contributed by atoms with Crippen LogP contribution in [-0.2, 0) is 0 Å². The molecule has 120 valence electrons. The summed E-state index contributed by atoms with van der Waals surface area (Å²) in [5.41, 5.74) is 3.81. The van der Waals surface area contributed by atoms with E-state index in [-0.39, 0.29) is 5.56 Å². The topological polar surface area (TPSA) is 75.1 Å². The predicted molar refractivity (Wildman–Crippen MR) is 93.6 cm³/mol. The van der Waals surface area contributed by atoms with Crippen LogP contribution in [0.2, 0.25) is 0 Å². The van der Waals surface area contributed by atoms with Crippen LogP contribution in [0.25, 0.3) is 11.4 Å². The van der Waals surface area contributed by atoms with E-state index in [4.69, 9.17) is 5.11 Å². The van der Waals surface area contributed by atoms with Gasteiger partial charge in [-0.1, -0.05) is 29.8 Å². The number of aromatic carboxylic acids is 1. The average molecular weight is 319 g/mol. The lowest BCUT2D eigenvalue weighted by Gasteiger charge is -2.09. The maximum Gasteiger partial charge on any atom is 0.335 e. The summed E-state index contributed by atoms with van der Waals surface area (Å²) in [6, 6.07) is 16.4. The van der Waals surface area contributed by atoms with E-state index in [0.717, 1.165) is 16.8 Å². The van der Waals surface area contributed by atoms with E-state index in [1.54, 1.807) is 24.3 Å². The molecule has 2 aromatic carbocycles. The number of anilines is 2. The van der Waals surface area contributed by atoms with Gasteiger partial charge in [-0.25, -0.2) is 14.8 Å². The molecule has 0 radical (unpaired) electrons. The second kappa shape index (κ2) is 6.50. The number of rotatable bonds is 4. The minimum atomic E-state index is -0.960. The van der Waals surface area contributed by atoms with E-state index in [2.05, 4.69) is 15.3 Å². The molecule has 0 unspecified atom stereocenters. The Morgan fingerprint density at radius 2 is 1.79 bits per heavy atom. The molecule has 0 saturated carbocycles. The average Bonchev–Trinajstić information content (AvgIpc) is 2.54. The van der Waals surface area contributed by atoms with Crippen LogP contribution in [0.4, 0.5) is 11.5 Å². The normalized spacial score (nSPS) is 10.4. The Kier molecular flexibility index (Phi) is 4.24. The largest absolute Gasteiger partial charge is 0.478 e. The Hall–Kier alpha value is -3.21. The summed E-state index contributed by atoms with van der Waals surface area (Å²) in [7, 11) is 0. The number of carboxylic acid groups (broad SMARTS) is 1. The monoisotopic (exact) mass is 319 g/mol. The molecule has 0 saturated heterocycles. The van der Waals surface area contributed by atoms with Crippen molar-refractivity contribution in [2.24, 2.45) is 0 Å². The summed E-state index contributed by atoms with van der Waals surface area (Å²) in [4.78, 5) is 20.1. The third-order valence-corrected chi connectivity index (χ3v) is 3.51. The van der Waals surface area contributed by atoms with Crippen LogP contribution < -0.4 is 5.32 Å². The van der Waals surface area contributed by atoms with Crippen molar-refractivity contribution in [3.05, 3.63) is 71.4 Å². The number of nitrogens with one attached hydrogen (secondary N) is 1. The fourth-order valence-electron chi connectivity index (χ4n) is 2.42. The zero-order chi connectivity index (χ0) is 17.1. The van der Waals surface area contributed by atoms with Gasteiger partial charge >= 0.3 is 5.97 Å². The summed E-state index contributed by atoms with van der Waals surface area (Å²) in [5, 5.41) is 12.2. The van der Waals surface area contributed by atoms with Gasteiger partial charge in [-0.2, -0.15) is 0 Å². The van der Waals surface area contributed by atoms with Crippen molar-refractivity contribution in [3.8, 4) is 11.4 Å². The second-order valence-electron chi connectivity index (χ2n) is 5.60. The predicted octanol–water partition coefficient (Wildman–Crippen LogP) is 4.20. The van der Waals surface area contributed by atoms with Crippen molar-refractivity contribution < 1.29 is 9.90 Å². The first-order valence-corrected chi connectivity index (χ1v) is 7.54. The second-order valence-corrected chi connectivity index (χ2v) is 5.60. The fourth-order valence-corrected chi connectivity index (χ4v) is 2.42. The lowest BCUT2D eigenvalue weighted by molar-refractivity contribution is 0.0697. The van der Waals surface area contributed by atoms with Gasteiger partial charge < -0.3 is 10.4 Å². The molecular weight excluding hydrogens is 302 g/mol. The molecule has 0 amide bonds. The summed E-state index contributed by atoms with van der Waals surface area (Å²) >= 11 is 0. The summed E-state index contributed by atoms with van der Waals surface area (Å²) in [6.07, 6.45) is 0. The van der Waals surface area contributed by atoms with E-state index >= 15 is 0 Å². The number of carbonyl (C=O) groups is 1. The standard InChI is InChI=1S/C19H17N3O2/c1-12-5-3-6-14(9-12)18-20-13(2)10-17(22-18)21-16-8-4-7-15(11-16)19(23)24/h3-11H,1-2H3,(H,23,24)(H,20,21,22). The molecule has 24 heavy (non-hydrogen) atoms. The van der Waals surface area contributed by atoms with Crippen LogP contribution in [-0.4, -0.2) is 21.0 Å². The minimum Gasteiger partial charge on any atom is -0.478 e. The molecule has 0 aliphatic heterocycles. The first-order chi connectivity index (χ1) is 11.5. The molecule has 0 spiro atoms. The number of aromatic nitrogens is 2. The molecule has 5 nitrogen and oxygen atoms in total. The minimum absolute atomic E-state index is 0.227. The van der Waals surface area contributed by atoms with Crippen molar-refractivity contribution in [2.75, 3.05) is 5.32 Å². The van der Waals surface area contributed by atoms with Crippen LogP contribution in [0.3, 0.4) is 0 Å². The fraction of sp³-hybridized carbons (Fsp3) is 0.105. The third kappa shape index (κ3) is 3.57. The quantitative estimate of drug-likeness (QED) is 0.753. The van der Waals surface area contributed by atoms with Crippen molar-refractivity contribution in [1.29, 1.82) is 0 Å². The Balaban J connectivity index is 1.95. The molecule has 0 aliphatic carbocycles. The van der Waals surface area contributed by atoms with Gasteiger partial charge in [-0.15, -0.1) is 0 Å². The zero-order valence-electron chi connectivity index (χ0n) is 13.4. The number of hydrogen-bond acceptors (Lipinski definition) is 4. The van der Waals surface area contributed by atoms with Crippen molar-refractivity contribution >= 4 is 17.5 Å². The maximum atomic E-state index is 11.1. The molecule has 0 aliphatic rings. The Morgan fingerprint density at radius 1 is 1.00 bits per heavy atom. The molecule has 0 bridgehead atoms. The summed E-state index contributed by atoms with van der Waals surface area (Å²) < 4.78 is 0. The summed E-state index contributed by atoms with van der Waals surface area (Å²) in [5.74, 6) is 0.301. The lowest BCUT2D eigenvalue weighted by atomic mass is 10.1. The molecule has 0 fully saturated rings. The highest BCUT2D eigenvalue weighted by Gasteiger charge is 2.07. The van der Waals surface area contributed by atoms with E-state index in [0.29, 0.717) is 17.3 Å². The van der Waals surface area contributed by atoms with Crippen molar-refractivity contribution in [3.63, 3.8) is 0 Å². The van der Waals surface area contributed by atoms with Gasteiger partial charge in [-0.3, -0.25) is 0 Å². The van der Waals surface area contributed by atoms with Crippen LogP contribution >= 0.6 is 0 Å². The highest BCUT2D eigenvalue weighted by atomic mass is 16.4. The SMILES string of the molecule is Cc1cccc(-c2nc(C)cc(Nc3cccc(C(=O)O)c3)n2)c1. The molecule has 2 N–H and O–H groups in total. The maximum absolute atomic E-state index is 11.1. The van der Waals surface area contributed by atoms with Crippen LogP contribution in [0, 0.1) is 13.8 Å². The number of aryl methyl sites for hydroxylation is 2. The third-order valence-electron chi connectivity index (χ3n) is 3.51. The highest BCUT2D eigenvalue weighted by molar-refractivity contribution is 5.89. The number of hydrogen-bond donors (Lipinski definition) is 2. The zero-order valence-corrected chi connectivity index (χ0v) is 13.4. The van der Waals surface area contributed by atoms with Gasteiger partial charge in [0.25, 0.3) is 0 Å².